The van der Waals surface area contributed by atoms with Crippen LogP contribution < -0.4 is 4.74 Å². The molecule has 0 unspecified atom stereocenters. The zero-order valence-electron chi connectivity index (χ0n) is 16.2. The van der Waals surface area contributed by atoms with Crippen LogP contribution in [-0.4, -0.2) is 59.9 Å². The molecule has 27 heavy (non-hydrogen) atoms. The summed E-state index contributed by atoms with van der Waals surface area (Å²) in [5.41, 5.74) is 3.87. The van der Waals surface area contributed by atoms with Crippen LogP contribution in [0.3, 0.4) is 0 Å². The number of aromatic nitrogens is 1. The van der Waals surface area contributed by atoms with Gasteiger partial charge in [-0.3, -0.25) is 9.59 Å². The molecule has 144 valence electrons. The van der Waals surface area contributed by atoms with Crippen molar-refractivity contribution in [3.05, 3.63) is 52.8 Å². The third-order valence-corrected chi connectivity index (χ3v) is 5.39. The van der Waals surface area contributed by atoms with Crippen LogP contribution in [0, 0.1) is 13.8 Å². The van der Waals surface area contributed by atoms with Gasteiger partial charge in [0, 0.05) is 38.6 Å². The molecule has 1 aliphatic rings. The maximum Gasteiger partial charge on any atom is 0.255 e. The molecule has 1 aromatic heterocycles. The van der Waals surface area contributed by atoms with Crippen LogP contribution in [0.25, 0.3) is 0 Å². The zero-order valence-corrected chi connectivity index (χ0v) is 16.2. The first-order valence-electron chi connectivity index (χ1n) is 9.34. The second kappa shape index (κ2) is 8.29. The first-order chi connectivity index (χ1) is 13.0. The quantitative estimate of drug-likeness (QED) is 0.901. The number of aromatic amines is 1. The Kier molecular flexibility index (Phi) is 5.84. The lowest BCUT2D eigenvalue weighted by atomic mass is 9.99. The Hall–Kier alpha value is -2.76. The minimum atomic E-state index is 0.0205. The van der Waals surface area contributed by atoms with Crippen molar-refractivity contribution in [3.63, 3.8) is 0 Å². The number of benzene rings is 1. The van der Waals surface area contributed by atoms with Crippen LogP contribution >= 0.6 is 0 Å². The van der Waals surface area contributed by atoms with Crippen molar-refractivity contribution < 1.29 is 14.3 Å². The molecular formula is C21H27N3O3. The van der Waals surface area contributed by atoms with E-state index in [0.29, 0.717) is 38.2 Å². The monoisotopic (exact) mass is 369 g/mol. The molecule has 3 rings (SSSR count). The van der Waals surface area contributed by atoms with Crippen molar-refractivity contribution in [2.45, 2.75) is 26.7 Å². The fourth-order valence-corrected chi connectivity index (χ4v) is 3.55. The summed E-state index contributed by atoms with van der Waals surface area (Å²) in [6.07, 6.45) is 4.63. The maximum atomic E-state index is 12.8. The summed E-state index contributed by atoms with van der Waals surface area (Å²) in [6.45, 7) is 6.54. The van der Waals surface area contributed by atoms with Crippen LogP contribution in [0.15, 0.2) is 30.6 Å². The number of amides is 2. The van der Waals surface area contributed by atoms with E-state index < -0.39 is 0 Å². The topological polar surface area (TPSA) is 65.6 Å². The van der Waals surface area contributed by atoms with E-state index in [9.17, 15) is 9.59 Å². The molecule has 0 aliphatic carbocycles. The van der Waals surface area contributed by atoms with Gasteiger partial charge in [0.05, 0.1) is 19.1 Å². The van der Waals surface area contributed by atoms with Gasteiger partial charge >= 0.3 is 0 Å². The highest BCUT2D eigenvalue weighted by Gasteiger charge is 2.23. The lowest BCUT2D eigenvalue weighted by Crippen LogP contribution is -2.38. The molecule has 1 fully saturated rings. The second-order valence-corrected chi connectivity index (χ2v) is 6.98. The van der Waals surface area contributed by atoms with E-state index in [1.807, 2.05) is 35.8 Å². The summed E-state index contributed by atoms with van der Waals surface area (Å²) < 4.78 is 5.35. The Morgan fingerprint density at radius 3 is 2.48 bits per heavy atom. The number of nitrogens with one attached hydrogen (secondary N) is 1. The third kappa shape index (κ3) is 4.15. The number of nitrogens with zero attached hydrogens (tertiary/aromatic N) is 2. The summed E-state index contributed by atoms with van der Waals surface area (Å²) in [6, 6.07) is 5.67. The second-order valence-electron chi connectivity index (χ2n) is 6.98. The molecule has 0 spiro atoms. The van der Waals surface area contributed by atoms with Gasteiger partial charge in [-0.15, -0.1) is 0 Å². The van der Waals surface area contributed by atoms with E-state index in [4.69, 9.17) is 4.74 Å². The van der Waals surface area contributed by atoms with Crippen LogP contribution in [-0.2, 0) is 11.2 Å². The molecule has 6 nitrogen and oxygen atoms in total. The molecule has 1 aliphatic heterocycles. The first kappa shape index (κ1) is 19.0. The summed E-state index contributed by atoms with van der Waals surface area (Å²) in [7, 11) is 1.66. The van der Waals surface area contributed by atoms with Crippen LogP contribution in [0.4, 0.5) is 0 Å². The number of hydrogen-bond acceptors (Lipinski definition) is 3. The van der Waals surface area contributed by atoms with Crippen LogP contribution in [0.1, 0.15) is 33.5 Å². The highest BCUT2D eigenvalue weighted by molar-refractivity contribution is 5.94. The van der Waals surface area contributed by atoms with Crippen molar-refractivity contribution in [3.8, 4) is 5.75 Å². The van der Waals surface area contributed by atoms with Gasteiger partial charge in [-0.1, -0.05) is 6.07 Å². The van der Waals surface area contributed by atoms with Crippen molar-refractivity contribution in [2.75, 3.05) is 33.3 Å². The Morgan fingerprint density at radius 2 is 1.78 bits per heavy atom. The van der Waals surface area contributed by atoms with Gasteiger partial charge in [-0.25, -0.2) is 0 Å². The van der Waals surface area contributed by atoms with Crippen molar-refractivity contribution >= 4 is 11.8 Å². The average Bonchev–Trinajstić information content (AvgIpc) is 3.09. The number of hydrogen-bond donors (Lipinski definition) is 1. The minimum Gasteiger partial charge on any atom is -0.496 e. The molecule has 0 bridgehead atoms. The minimum absolute atomic E-state index is 0.0205. The normalized spacial score (nSPS) is 14.8. The number of H-pyrrole nitrogens is 1. The summed E-state index contributed by atoms with van der Waals surface area (Å²) in [5, 5.41) is 0. The summed E-state index contributed by atoms with van der Waals surface area (Å²) >= 11 is 0. The largest absolute Gasteiger partial charge is 0.496 e. The third-order valence-electron chi connectivity index (χ3n) is 5.39. The van der Waals surface area contributed by atoms with E-state index in [1.54, 1.807) is 25.6 Å². The van der Waals surface area contributed by atoms with E-state index in [0.717, 1.165) is 28.9 Å². The highest BCUT2D eigenvalue weighted by Crippen LogP contribution is 2.24. The van der Waals surface area contributed by atoms with E-state index in [1.165, 1.54) is 0 Å². The lowest BCUT2D eigenvalue weighted by Gasteiger charge is -2.22. The van der Waals surface area contributed by atoms with Gasteiger partial charge in [-0.2, -0.15) is 0 Å². The average molecular weight is 369 g/mol. The van der Waals surface area contributed by atoms with E-state index >= 15 is 0 Å². The SMILES string of the molecule is COc1ccc(CC(=O)N2CCCN(C(=O)c3cc[nH]c3)CC2)c(C)c1C. The van der Waals surface area contributed by atoms with Crippen molar-refractivity contribution in [2.24, 2.45) is 0 Å². The Labute approximate surface area is 160 Å². The summed E-state index contributed by atoms with van der Waals surface area (Å²) in [4.78, 5) is 32.0. The lowest BCUT2D eigenvalue weighted by molar-refractivity contribution is -0.130. The van der Waals surface area contributed by atoms with Crippen LogP contribution in [0.5, 0.6) is 5.75 Å². The molecule has 1 saturated heterocycles. The first-order valence-corrected chi connectivity index (χ1v) is 9.34. The molecule has 2 amide bonds. The van der Waals surface area contributed by atoms with Gasteiger partial charge < -0.3 is 19.5 Å². The molecule has 6 heteroatoms. The zero-order chi connectivity index (χ0) is 19.4. The van der Waals surface area contributed by atoms with Crippen molar-refractivity contribution in [1.29, 1.82) is 0 Å². The molecular weight excluding hydrogens is 342 g/mol. The van der Waals surface area contributed by atoms with Gasteiger partial charge in [-0.05, 0) is 49.1 Å². The molecule has 0 radical (unpaired) electrons. The molecule has 0 saturated carbocycles. The Morgan fingerprint density at radius 1 is 1.04 bits per heavy atom. The van der Waals surface area contributed by atoms with E-state index in [2.05, 4.69) is 4.98 Å². The van der Waals surface area contributed by atoms with E-state index in [-0.39, 0.29) is 11.8 Å². The van der Waals surface area contributed by atoms with Gasteiger partial charge in [0.1, 0.15) is 5.75 Å². The predicted molar refractivity (Wildman–Crippen MR) is 104 cm³/mol. The van der Waals surface area contributed by atoms with Gasteiger partial charge in [0.15, 0.2) is 0 Å². The number of carbonyl (C=O) groups excluding carboxylic acids is 2. The van der Waals surface area contributed by atoms with Gasteiger partial charge in [0.2, 0.25) is 5.91 Å². The Balaban J connectivity index is 1.63. The summed E-state index contributed by atoms with van der Waals surface area (Å²) in [5.74, 6) is 0.975. The van der Waals surface area contributed by atoms with Crippen molar-refractivity contribution in [1.82, 2.24) is 14.8 Å². The fraction of sp³-hybridized carbons (Fsp3) is 0.429. The molecule has 0 atom stereocenters. The molecule has 1 N–H and O–H groups in total. The number of methoxy groups -OCH3 is 1. The Bertz CT molecular complexity index is 814. The number of ether oxygens (including phenoxy) is 1. The molecule has 2 aromatic rings. The number of rotatable bonds is 4. The standard InChI is InChI=1S/C21H27N3O3/c1-15-16(2)19(27-3)6-5-17(15)13-20(25)23-9-4-10-24(12-11-23)21(26)18-7-8-22-14-18/h5-8,14,22H,4,9-13H2,1-3H3. The molecule has 2 heterocycles. The smallest absolute Gasteiger partial charge is 0.255 e. The highest BCUT2D eigenvalue weighted by atomic mass is 16.5. The van der Waals surface area contributed by atoms with Gasteiger partial charge in [0.25, 0.3) is 5.91 Å². The fourth-order valence-electron chi connectivity index (χ4n) is 3.55. The maximum absolute atomic E-state index is 12.8. The predicted octanol–water partition coefficient (Wildman–Crippen LogP) is 2.56. The van der Waals surface area contributed by atoms with Crippen LogP contribution in [0.2, 0.25) is 0 Å². The number of carbonyl (C=O) groups is 2. The molecule has 1 aromatic carbocycles.